The maximum Gasteiger partial charge on any atom is 0.573 e. The van der Waals surface area contributed by atoms with Gasteiger partial charge >= 0.3 is 6.36 Å². The van der Waals surface area contributed by atoms with Gasteiger partial charge in [-0.05, 0) is 37.1 Å². The van der Waals surface area contributed by atoms with Crippen LogP contribution in [0.25, 0.3) is 21.9 Å². The number of hydrogen-bond acceptors (Lipinski definition) is 2. The highest BCUT2D eigenvalue weighted by Gasteiger charge is 2.33. The number of aryl methyl sites for hydroxylation is 2. The standard InChI is InChI=1S/C15H11F3O2/c1-8-3-5-10-11-6-4-9(2)13(20-15(16,17)18)14(11)19-12(10)7-8/h3-7H,1-2H3. The highest BCUT2D eigenvalue weighted by Crippen LogP contribution is 2.39. The van der Waals surface area contributed by atoms with E-state index in [4.69, 9.17) is 4.42 Å². The van der Waals surface area contributed by atoms with Gasteiger partial charge in [0.25, 0.3) is 0 Å². The second-order valence-corrected chi connectivity index (χ2v) is 4.74. The van der Waals surface area contributed by atoms with Crippen LogP contribution in [-0.2, 0) is 0 Å². The minimum absolute atomic E-state index is 0.128. The van der Waals surface area contributed by atoms with Crippen molar-refractivity contribution in [2.24, 2.45) is 0 Å². The number of fused-ring (bicyclic) bond motifs is 3. The molecule has 0 radical (unpaired) electrons. The number of hydrogen-bond donors (Lipinski definition) is 0. The Labute approximate surface area is 112 Å². The molecule has 0 fully saturated rings. The first-order valence-electron chi connectivity index (χ1n) is 6.03. The zero-order valence-corrected chi connectivity index (χ0v) is 10.8. The largest absolute Gasteiger partial charge is 0.573 e. The fraction of sp³-hybridized carbons (Fsp3) is 0.200. The fourth-order valence-electron chi connectivity index (χ4n) is 2.26. The maximum atomic E-state index is 12.5. The van der Waals surface area contributed by atoms with Crippen LogP contribution in [0.4, 0.5) is 13.2 Å². The SMILES string of the molecule is Cc1ccc2c(c1)oc1c(OC(F)(F)F)c(C)ccc12. The number of furan rings is 1. The van der Waals surface area contributed by atoms with Gasteiger partial charge in [-0.3, -0.25) is 0 Å². The van der Waals surface area contributed by atoms with E-state index in [1.165, 1.54) is 0 Å². The Kier molecular flexibility index (Phi) is 2.67. The van der Waals surface area contributed by atoms with Crippen molar-refractivity contribution in [3.05, 3.63) is 41.5 Å². The number of halogens is 3. The Morgan fingerprint density at radius 2 is 1.70 bits per heavy atom. The van der Waals surface area contributed by atoms with Crippen molar-refractivity contribution in [1.82, 2.24) is 0 Å². The molecule has 0 atom stereocenters. The number of ether oxygens (including phenoxy) is 1. The lowest BCUT2D eigenvalue weighted by Crippen LogP contribution is -2.17. The minimum atomic E-state index is -4.74. The Hall–Kier alpha value is -2.17. The maximum absolute atomic E-state index is 12.5. The number of benzene rings is 2. The van der Waals surface area contributed by atoms with Crippen LogP contribution < -0.4 is 4.74 Å². The molecule has 0 saturated carbocycles. The summed E-state index contributed by atoms with van der Waals surface area (Å²) in [5.41, 5.74) is 2.04. The summed E-state index contributed by atoms with van der Waals surface area (Å²) in [5, 5.41) is 1.39. The summed E-state index contributed by atoms with van der Waals surface area (Å²) in [4.78, 5) is 0. The summed E-state index contributed by atoms with van der Waals surface area (Å²) in [5.74, 6) is -0.274. The predicted octanol–water partition coefficient (Wildman–Crippen LogP) is 5.10. The molecule has 3 rings (SSSR count). The van der Waals surface area contributed by atoms with Gasteiger partial charge < -0.3 is 9.15 Å². The first kappa shape index (κ1) is 12.8. The van der Waals surface area contributed by atoms with E-state index in [1.807, 2.05) is 19.1 Å². The van der Waals surface area contributed by atoms with E-state index in [2.05, 4.69) is 4.74 Å². The third-order valence-electron chi connectivity index (χ3n) is 3.17. The minimum Gasteiger partial charge on any atom is -0.452 e. The van der Waals surface area contributed by atoms with E-state index in [9.17, 15) is 13.2 Å². The Balaban J connectivity index is 2.33. The van der Waals surface area contributed by atoms with Crippen LogP contribution in [0, 0.1) is 13.8 Å². The topological polar surface area (TPSA) is 22.4 Å². The van der Waals surface area contributed by atoms with Crippen LogP contribution in [-0.4, -0.2) is 6.36 Å². The van der Waals surface area contributed by atoms with Crippen LogP contribution in [0.15, 0.2) is 34.7 Å². The van der Waals surface area contributed by atoms with Crippen LogP contribution in [0.5, 0.6) is 5.75 Å². The van der Waals surface area contributed by atoms with Crippen LogP contribution in [0.3, 0.4) is 0 Å². The summed E-state index contributed by atoms with van der Waals surface area (Å²) < 4.78 is 47.2. The van der Waals surface area contributed by atoms with Gasteiger partial charge in [-0.15, -0.1) is 13.2 Å². The molecular weight excluding hydrogens is 269 g/mol. The van der Waals surface area contributed by atoms with E-state index in [-0.39, 0.29) is 11.3 Å². The van der Waals surface area contributed by atoms with E-state index in [0.29, 0.717) is 16.5 Å². The van der Waals surface area contributed by atoms with Gasteiger partial charge in [-0.1, -0.05) is 18.2 Å². The lowest BCUT2D eigenvalue weighted by atomic mass is 10.1. The Morgan fingerprint density at radius 1 is 1.00 bits per heavy atom. The fourth-order valence-corrected chi connectivity index (χ4v) is 2.26. The molecule has 20 heavy (non-hydrogen) atoms. The molecule has 1 aromatic heterocycles. The van der Waals surface area contributed by atoms with Gasteiger partial charge in [-0.2, -0.15) is 0 Å². The molecule has 104 valence electrons. The number of alkyl halides is 3. The highest BCUT2D eigenvalue weighted by molar-refractivity contribution is 6.07. The Morgan fingerprint density at radius 3 is 2.40 bits per heavy atom. The molecule has 0 amide bonds. The van der Waals surface area contributed by atoms with Gasteiger partial charge in [0.05, 0.1) is 0 Å². The normalized spacial score (nSPS) is 12.2. The molecular formula is C15H11F3O2. The molecule has 0 saturated heterocycles. The first-order chi connectivity index (χ1) is 9.35. The van der Waals surface area contributed by atoms with Crippen LogP contribution >= 0.6 is 0 Å². The summed E-state index contributed by atoms with van der Waals surface area (Å²) in [6, 6.07) is 8.86. The lowest BCUT2D eigenvalue weighted by molar-refractivity contribution is -0.274. The molecule has 0 aliphatic rings. The highest BCUT2D eigenvalue weighted by atomic mass is 19.4. The number of rotatable bonds is 1. The van der Waals surface area contributed by atoms with Gasteiger partial charge in [-0.25, -0.2) is 0 Å². The summed E-state index contributed by atoms with van der Waals surface area (Å²) in [6.45, 7) is 3.45. The molecule has 0 N–H and O–H groups in total. The summed E-state index contributed by atoms with van der Waals surface area (Å²) in [7, 11) is 0. The average Bonchev–Trinajstić information content (AvgIpc) is 2.69. The quantitative estimate of drug-likeness (QED) is 0.618. The smallest absolute Gasteiger partial charge is 0.452 e. The average molecular weight is 280 g/mol. The summed E-state index contributed by atoms with van der Waals surface area (Å²) in [6.07, 6.45) is -4.74. The zero-order chi connectivity index (χ0) is 14.5. The van der Waals surface area contributed by atoms with E-state index >= 15 is 0 Å². The van der Waals surface area contributed by atoms with Crippen molar-refractivity contribution < 1.29 is 22.3 Å². The van der Waals surface area contributed by atoms with E-state index in [0.717, 1.165) is 10.9 Å². The first-order valence-corrected chi connectivity index (χ1v) is 6.03. The second kappa shape index (κ2) is 4.16. The van der Waals surface area contributed by atoms with E-state index < -0.39 is 6.36 Å². The van der Waals surface area contributed by atoms with Gasteiger partial charge in [0.2, 0.25) is 0 Å². The van der Waals surface area contributed by atoms with Crippen molar-refractivity contribution in [3.63, 3.8) is 0 Å². The molecule has 0 spiro atoms. The molecule has 0 unspecified atom stereocenters. The molecule has 1 heterocycles. The summed E-state index contributed by atoms with van der Waals surface area (Å²) >= 11 is 0. The molecule has 3 aromatic rings. The monoisotopic (exact) mass is 280 g/mol. The van der Waals surface area contributed by atoms with Crippen molar-refractivity contribution in [2.75, 3.05) is 0 Å². The van der Waals surface area contributed by atoms with Crippen molar-refractivity contribution >= 4 is 21.9 Å². The third-order valence-corrected chi connectivity index (χ3v) is 3.17. The zero-order valence-electron chi connectivity index (χ0n) is 10.8. The van der Waals surface area contributed by atoms with Crippen LogP contribution in [0.1, 0.15) is 11.1 Å². The predicted molar refractivity (Wildman–Crippen MR) is 69.9 cm³/mol. The van der Waals surface area contributed by atoms with Crippen molar-refractivity contribution in [1.29, 1.82) is 0 Å². The molecule has 0 bridgehead atoms. The van der Waals surface area contributed by atoms with Crippen molar-refractivity contribution in [3.8, 4) is 5.75 Å². The van der Waals surface area contributed by atoms with Gasteiger partial charge in [0.1, 0.15) is 5.58 Å². The third kappa shape index (κ3) is 2.09. The molecule has 2 aromatic carbocycles. The van der Waals surface area contributed by atoms with Gasteiger partial charge in [0, 0.05) is 10.8 Å². The molecule has 2 nitrogen and oxygen atoms in total. The van der Waals surface area contributed by atoms with E-state index in [1.54, 1.807) is 25.1 Å². The van der Waals surface area contributed by atoms with Crippen LogP contribution in [0.2, 0.25) is 0 Å². The second-order valence-electron chi connectivity index (χ2n) is 4.74. The molecule has 0 aliphatic heterocycles. The Bertz CT molecular complexity index is 800. The van der Waals surface area contributed by atoms with Gasteiger partial charge in [0.15, 0.2) is 11.3 Å². The molecule has 0 aliphatic carbocycles. The lowest BCUT2D eigenvalue weighted by Gasteiger charge is -2.11. The van der Waals surface area contributed by atoms with Crippen molar-refractivity contribution in [2.45, 2.75) is 20.2 Å². The molecule has 5 heteroatoms.